The Morgan fingerprint density at radius 3 is 1.98 bits per heavy atom. The maximum atomic E-state index is 12.4. The highest BCUT2D eigenvalue weighted by atomic mass is 16.6. The van der Waals surface area contributed by atoms with Crippen molar-refractivity contribution in [1.82, 2.24) is 0 Å². The second kappa shape index (κ2) is 11.6. The van der Waals surface area contributed by atoms with Crippen molar-refractivity contribution in [3.63, 3.8) is 0 Å². The maximum absolute atomic E-state index is 12.4. The molecule has 0 N–H and O–H groups in total. The monoisotopic (exact) mass is 536 g/mol. The summed E-state index contributed by atoms with van der Waals surface area (Å²) in [7, 11) is 0. The van der Waals surface area contributed by atoms with Crippen molar-refractivity contribution in [2.45, 2.75) is 46.6 Å². The van der Waals surface area contributed by atoms with E-state index in [0.717, 1.165) is 46.2 Å². The van der Waals surface area contributed by atoms with E-state index in [-0.39, 0.29) is 34.7 Å². The minimum Gasteiger partial charge on any atom is -0.454 e. The van der Waals surface area contributed by atoms with Gasteiger partial charge in [-0.1, -0.05) is 56.1 Å². The third-order valence-electron chi connectivity index (χ3n) is 6.68. The number of benzene rings is 3. The molecular formula is C34H32O6. The highest BCUT2D eigenvalue weighted by Gasteiger charge is 2.26. The van der Waals surface area contributed by atoms with Crippen LogP contribution in [0.5, 0.6) is 11.5 Å². The molecule has 1 aliphatic rings. The molecule has 3 aromatic carbocycles. The molecular weight excluding hydrogens is 504 g/mol. The van der Waals surface area contributed by atoms with Gasteiger partial charge in [-0.15, -0.1) is 0 Å². The SMILES string of the molecule is C=C(C)C(=O)Oc1ccc(-c2ccc(-c3ccc4c(c3)CCC4OC(=O)C(=C)C)c(C)c2)c(OC(=O)C(=C)C)c1. The Bertz CT molecular complexity index is 1580. The molecule has 3 aromatic rings. The number of ether oxygens (including phenoxy) is 3. The summed E-state index contributed by atoms with van der Waals surface area (Å²) in [5.41, 5.74) is 7.72. The second-order valence-electron chi connectivity index (χ2n) is 10.2. The van der Waals surface area contributed by atoms with Gasteiger partial charge in [0.1, 0.15) is 17.6 Å². The van der Waals surface area contributed by atoms with Gasteiger partial charge in [0.25, 0.3) is 0 Å². The van der Waals surface area contributed by atoms with E-state index in [0.29, 0.717) is 11.1 Å². The first-order valence-corrected chi connectivity index (χ1v) is 12.9. The summed E-state index contributed by atoms with van der Waals surface area (Å²) in [6, 6.07) is 17.1. The summed E-state index contributed by atoms with van der Waals surface area (Å²) < 4.78 is 16.6. The quantitative estimate of drug-likeness (QED) is 0.170. The molecule has 0 aliphatic heterocycles. The lowest BCUT2D eigenvalue weighted by molar-refractivity contribution is -0.144. The zero-order valence-electron chi connectivity index (χ0n) is 23.3. The van der Waals surface area contributed by atoms with Gasteiger partial charge in [0.2, 0.25) is 0 Å². The van der Waals surface area contributed by atoms with Crippen molar-refractivity contribution >= 4 is 17.9 Å². The Hall–Kier alpha value is -4.71. The number of esters is 3. The standard InChI is InChI=1S/C34H32O6/c1-19(2)32(35)38-26-11-14-29(31(18-26)40-34(37)21(5)6)23-8-12-27(22(7)16-23)24-9-13-28-25(17-24)10-15-30(28)39-33(36)20(3)4/h8-9,11-14,16-18,30H,1,3,5,10,15H2,2,4,6-7H3. The third kappa shape index (κ3) is 6.12. The first-order valence-electron chi connectivity index (χ1n) is 12.9. The third-order valence-corrected chi connectivity index (χ3v) is 6.68. The first kappa shape index (κ1) is 28.3. The molecule has 0 fully saturated rings. The van der Waals surface area contributed by atoms with Crippen molar-refractivity contribution < 1.29 is 28.6 Å². The smallest absolute Gasteiger partial charge is 0.338 e. The van der Waals surface area contributed by atoms with Gasteiger partial charge < -0.3 is 14.2 Å². The van der Waals surface area contributed by atoms with Gasteiger partial charge in [0, 0.05) is 28.3 Å². The fraction of sp³-hybridized carbons (Fsp3) is 0.206. The van der Waals surface area contributed by atoms with E-state index in [1.54, 1.807) is 32.9 Å². The lowest BCUT2D eigenvalue weighted by Gasteiger charge is -2.16. The number of aryl methyl sites for hydroxylation is 2. The number of carbonyl (C=O) groups excluding carboxylic acids is 3. The van der Waals surface area contributed by atoms with Crippen LogP contribution in [0.1, 0.15) is 50.0 Å². The van der Waals surface area contributed by atoms with E-state index < -0.39 is 11.9 Å². The Morgan fingerprint density at radius 2 is 1.32 bits per heavy atom. The number of hydrogen-bond donors (Lipinski definition) is 0. The lowest BCUT2D eigenvalue weighted by Crippen LogP contribution is -2.11. The van der Waals surface area contributed by atoms with E-state index in [4.69, 9.17) is 14.2 Å². The Labute approximate surface area is 234 Å². The summed E-state index contributed by atoms with van der Waals surface area (Å²) >= 11 is 0. The number of carbonyl (C=O) groups is 3. The molecule has 4 rings (SSSR count). The summed E-state index contributed by atoms with van der Waals surface area (Å²) in [5, 5.41) is 0. The van der Waals surface area contributed by atoms with Crippen LogP contribution in [-0.2, 0) is 25.5 Å². The average molecular weight is 537 g/mol. The molecule has 0 amide bonds. The van der Waals surface area contributed by atoms with Crippen LogP contribution in [0, 0.1) is 6.92 Å². The van der Waals surface area contributed by atoms with Gasteiger partial charge in [-0.05, 0) is 86.1 Å². The highest BCUT2D eigenvalue weighted by Crippen LogP contribution is 2.39. The van der Waals surface area contributed by atoms with Crippen molar-refractivity contribution in [1.29, 1.82) is 0 Å². The summed E-state index contributed by atoms with van der Waals surface area (Å²) in [4.78, 5) is 36.4. The molecule has 0 bridgehead atoms. The normalized spacial score (nSPS) is 13.7. The zero-order valence-corrected chi connectivity index (χ0v) is 23.3. The van der Waals surface area contributed by atoms with Gasteiger partial charge in [-0.25, -0.2) is 14.4 Å². The average Bonchev–Trinajstić information content (AvgIpc) is 3.30. The minimum atomic E-state index is -0.580. The molecule has 1 atom stereocenters. The maximum Gasteiger partial charge on any atom is 0.338 e. The molecule has 6 heteroatoms. The van der Waals surface area contributed by atoms with Crippen LogP contribution in [0.25, 0.3) is 22.3 Å². The molecule has 0 heterocycles. The van der Waals surface area contributed by atoms with E-state index >= 15 is 0 Å². The van der Waals surface area contributed by atoms with Crippen LogP contribution in [0.4, 0.5) is 0 Å². The first-order chi connectivity index (χ1) is 18.9. The van der Waals surface area contributed by atoms with E-state index in [1.165, 1.54) is 6.07 Å². The van der Waals surface area contributed by atoms with E-state index in [1.807, 2.05) is 37.3 Å². The summed E-state index contributed by atoms with van der Waals surface area (Å²) in [5.74, 6) is -1.04. The molecule has 1 unspecified atom stereocenters. The number of fused-ring (bicyclic) bond motifs is 1. The second-order valence-corrected chi connectivity index (χ2v) is 10.2. The Morgan fingerprint density at radius 1 is 0.725 bits per heavy atom. The predicted octanol–water partition coefficient (Wildman–Crippen LogP) is 7.40. The number of hydrogen-bond acceptors (Lipinski definition) is 6. The molecule has 6 nitrogen and oxygen atoms in total. The van der Waals surface area contributed by atoms with Crippen LogP contribution >= 0.6 is 0 Å². The molecule has 204 valence electrons. The molecule has 0 radical (unpaired) electrons. The van der Waals surface area contributed by atoms with Gasteiger partial charge in [0.05, 0.1) is 0 Å². The highest BCUT2D eigenvalue weighted by molar-refractivity contribution is 5.91. The van der Waals surface area contributed by atoms with Gasteiger partial charge >= 0.3 is 17.9 Å². The van der Waals surface area contributed by atoms with Crippen molar-refractivity contribution in [3.8, 4) is 33.8 Å². The largest absolute Gasteiger partial charge is 0.454 e. The van der Waals surface area contributed by atoms with Crippen LogP contribution in [0.3, 0.4) is 0 Å². The van der Waals surface area contributed by atoms with E-state index in [2.05, 4.69) is 25.8 Å². The van der Waals surface area contributed by atoms with E-state index in [9.17, 15) is 14.4 Å². The van der Waals surface area contributed by atoms with Gasteiger partial charge in [-0.3, -0.25) is 0 Å². The fourth-order valence-corrected chi connectivity index (χ4v) is 4.52. The summed E-state index contributed by atoms with van der Waals surface area (Å²) in [6.45, 7) is 17.7. The number of rotatable bonds is 8. The predicted molar refractivity (Wildman–Crippen MR) is 155 cm³/mol. The van der Waals surface area contributed by atoms with Crippen molar-refractivity contribution in [3.05, 3.63) is 108 Å². The Balaban J connectivity index is 1.65. The molecule has 0 saturated carbocycles. The van der Waals surface area contributed by atoms with Crippen LogP contribution < -0.4 is 9.47 Å². The molecule has 0 spiro atoms. The van der Waals surface area contributed by atoms with Crippen LogP contribution in [-0.4, -0.2) is 17.9 Å². The molecule has 1 aliphatic carbocycles. The fourth-order valence-electron chi connectivity index (χ4n) is 4.52. The van der Waals surface area contributed by atoms with Crippen molar-refractivity contribution in [2.75, 3.05) is 0 Å². The lowest BCUT2D eigenvalue weighted by atomic mass is 9.93. The van der Waals surface area contributed by atoms with Gasteiger partial charge in [-0.2, -0.15) is 0 Å². The molecule has 40 heavy (non-hydrogen) atoms. The molecule has 0 aromatic heterocycles. The minimum absolute atomic E-state index is 0.236. The molecule has 0 saturated heterocycles. The summed E-state index contributed by atoms with van der Waals surface area (Å²) in [6.07, 6.45) is 1.32. The zero-order chi connectivity index (χ0) is 29.1. The van der Waals surface area contributed by atoms with Crippen LogP contribution in [0.2, 0.25) is 0 Å². The topological polar surface area (TPSA) is 78.9 Å². The van der Waals surface area contributed by atoms with Crippen LogP contribution in [0.15, 0.2) is 91.1 Å². The Kier molecular flexibility index (Phi) is 8.19. The van der Waals surface area contributed by atoms with Gasteiger partial charge in [0.15, 0.2) is 0 Å². The van der Waals surface area contributed by atoms with Crippen molar-refractivity contribution in [2.24, 2.45) is 0 Å².